The molecular formula is C26H27F3IN3O5. The minimum atomic E-state index is -3.31. The Morgan fingerprint density at radius 1 is 1.16 bits per heavy atom. The summed E-state index contributed by atoms with van der Waals surface area (Å²) in [5, 5.41) is 19.9. The molecule has 0 saturated heterocycles. The second-order valence-electron chi connectivity index (χ2n) is 10.5. The zero-order valence-electron chi connectivity index (χ0n) is 21.0. The molecule has 4 rings (SSSR count). The van der Waals surface area contributed by atoms with Gasteiger partial charge in [-0.15, -0.1) is 0 Å². The number of amides is 1. The molecule has 1 saturated carbocycles. The first kappa shape index (κ1) is 28.1. The van der Waals surface area contributed by atoms with Gasteiger partial charge < -0.3 is 19.5 Å². The smallest absolute Gasteiger partial charge is 0.312 e. The Morgan fingerprint density at radius 3 is 2.45 bits per heavy atom. The van der Waals surface area contributed by atoms with Crippen LogP contribution in [0.25, 0.3) is 11.5 Å². The molecule has 0 bridgehead atoms. The highest BCUT2D eigenvalue weighted by Crippen LogP contribution is 2.50. The molecule has 1 aromatic carbocycles. The van der Waals surface area contributed by atoms with Gasteiger partial charge in [0.2, 0.25) is 11.7 Å². The van der Waals surface area contributed by atoms with Gasteiger partial charge in [0.15, 0.2) is 11.5 Å². The Morgan fingerprint density at radius 2 is 1.87 bits per heavy atom. The lowest BCUT2D eigenvalue weighted by Gasteiger charge is -2.27. The number of halogens is 4. The molecule has 38 heavy (non-hydrogen) atoms. The highest BCUT2D eigenvalue weighted by molar-refractivity contribution is 14.1. The first-order chi connectivity index (χ1) is 17.8. The Bertz CT molecular complexity index is 1340. The van der Waals surface area contributed by atoms with E-state index in [0.29, 0.717) is 9.99 Å². The Kier molecular flexibility index (Phi) is 7.91. The van der Waals surface area contributed by atoms with Gasteiger partial charge in [0.25, 0.3) is 0 Å². The van der Waals surface area contributed by atoms with Crippen molar-refractivity contribution in [2.24, 2.45) is 5.41 Å². The maximum Gasteiger partial charge on any atom is 0.312 e. The molecule has 2 N–H and O–H groups in total. The van der Waals surface area contributed by atoms with Gasteiger partial charge in [0.1, 0.15) is 5.82 Å². The summed E-state index contributed by atoms with van der Waals surface area (Å²) in [6.45, 7) is 4.13. The summed E-state index contributed by atoms with van der Waals surface area (Å²) in [4.78, 5) is 24.5. The summed E-state index contributed by atoms with van der Waals surface area (Å²) in [5.74, 6) is -7.15. The van der Waals surface area contributed by atoms with Gasteiger partial charge in [-0.2, -0.15) is 8.78 Å². The SMILES string of the molecule is CC(C)(C)C(F)(F)c1cc(-c2onc([C@@H](CC(=O)O)CC(=O)Nc3ccc(CI)cc3F)c2C2CC2)no1. The summed E-state index contributed by atoms with van der Waals surface area (Å²) < 4.78 is 55.1. The lowest BCUT2D eigenvalue weighted by Crippen LogP contribution is -2.30. The molecule has 1 aliphatic rings. The normalized spacial score (nSPS) is 14.9. The monoisotopic (exact) mass is 645 g/mol. The van der Waals surface area contributed by atoms with Crippen LogP contribution >= 0.6 is 22.6 Å². The number of carboxylic acid groups (broad SMARTS) is 1. The van der Waals surface area contributed by atoms with Gasteiger partial charge in [-0.05, 0) is 36.5 Å². The highest BCUT2D eigenvalue weighted by atomic mass is 127. The van der Waals surface area contributed by atoms with Crippen molar-refractivity contribution in [1.82, 2.24) is 10.3 Å². The summed E-state index contributed by atoms with van der Waals surface area (Å²) >= 11 is 2.10. The lowest BCUT2D eigenvalue weighted by molar-refractivity contribution is -0.137. The molecule has 204 valence electrons. The molecule has 0 aliphatic heterocycles. The van der Waals surface area contributed by atoms with Crippen molar-refractivity contribution in [3.63, 3.8) is 0 Å². The van der Waals surface area contributed by atoms with Gasteiger partial charge in [-0.25, -0.2) is 4.39 Å². The molecular weight excluding hydrogens is 618 g/mol. The number of anilines is 1. The van der Waals surface area contributed by atoms with E-state index in [9.17, 15) is 27.9 Å². The van der Waals surface area contributed by atoms with Crippen LogP contribution in [0.4, 0.5) is 18.9 Å². The van der Waals surface area contributed by atoms with E-state index in [0.717, 1.165) is 24.5 Å². The molecule has 0 spiro atoms. The molecule has 8 nitrogen and oxygen atoms in total. The minimum absolute atomic E-state index is 0.0144. The molecule has 1 aliphatic carbocycles. The third-order valence-corrected chi connectivity index (χ3v) is 7.32. The number of rotatable bonds is 10. The maximum absolute atomic E-state index is 14.8. The van der Waals surface area contributed by atoms with E-state index in [2.05, 4.69) is 38.2 Å². The number of carboxylic acids is 1. The average Bonchev–Trinajstić information content (AvgIpc) is 3.36. The second-order valence-corrected chi connectivity index (χ2v) is 11.2. The van der Waals surface area contributed by atoms with Crippen molar-refractivity contribution in [1.29, 1.82) is 0 Å². The molecule has 2 aromatic heterocycles. The number of nitrogens with zero attached hydrogens (tertiary/aromatic N) is 2. The standard InChI is InChI=1S/C26H27F3IN3O5/c1-25(2,3)26(28,29)19-11-18(32-37-19)24-22(14-5-6-14)23(33-38-24)15(10-21(35)36)9-20(34)31-17-7-4-13(12-30)8-16(17)27/h4,7-8,11,14-15H,5-6,9-10,12H2,1-3H3,(H,31,34)(H,35,36)/t15-/m1/s1. The average molecular weight is 645 g/mol. The molecule has 1 atom stereocenters. The summed E-state index contributed by atoms with van der Waals surface area (Å²) in [7, 11) is 0. The number of aliphatic carboxylic acids is 1. The van der Waals surface area contributed by atoms with E-state index >= 15 is 0 Å². The summed E-state index contributed by atoms with van der Waals surface area (Å²) in [6, 6.07) is 5.56. The number of hydrogen-bond donors (Lipinski definition) is 2. The van der Waals surface area contributed by atoms with E-state index < -0.39 is 47.1 Å². The predicted octanol–water partition coefficient (Wildman–Crippen LogP) is 7.01. The molecule has 1 amide bonds. The number of alkyl halides is 3. The van der Waals surface area contributed by atoms with Crippen molar-refractivity contribution in [3.05, 3.63) is 52.7 Å². The van der Waals surface area contributed by atoms with E-state index in [1.807, 2.05) is 0 Å². The zero-order chi connectivity index (χ0) is 27.8. The minimum Gasteiger partial charge on any atom is -0.481 e. The number of nitrogens with one attached hydrogen (secondary N) is 1. The number of benzene rings is 1. The van der Waals surface area contributed by atoms with E-state index in [4.69, 9.17) is 9.05 Å². The summed E-state index contributed by atoms with van der Waals surface area (Å²) in [6.07, 6.45) is 0.758. The maximum atomic E-state index is 14.8. The number of aromatic nitrogens is 2. The molecule has 0 radical (unpaired) electrons. The third-order valence-electron chi connectivity index (χ3n) is 6.44. The van der Waals surface area contributed by atoms with Crippen LogP contribution in [0.1, 0.15) is 80.9 Å². The fraction of sp³-hybridized carbons (Fsp3) is 0.462. The van der Waals surface area contributed by atoms with Gasteiger partial charge >= 0.3 is 11.9 Å². The third kappa shape index (κ3) is 5.89. The van der Waals surface area contributed by atoms with Crippen molar-refractivity contribution >= 4 is 40.2 Å². The predicted molar refractivity (Wildman–Crippen MR) is 140 cm³/mol. The van der Waals surface area contributed by atoms with Gasteiger partial charge in [0, 0.05) is 33.8 Å². The number of carbonyl (C=O) groups is 2. The fourth-order valence-electron chi connectivity index (χ4n) is 4.10. The quantitative estimate of drug-likeness (QED) is 0.180. The van der Waals surface area contributed by atoms with Crippen LogP contribution in [0.15, 0.2) is 33.3 Å². The van der Waals surface area contributed by atoms with Crippen molar-refractivity contribution in [2.45, 2.75) is 68.6 Å². The van der Waals surface area contributed by atoms with E-state index in [1.165, 1.54) is 32.9 Å². The van der Waals surface area contributed by atoms with Gasteiger partial charge in [-0.3, -0.25) is 9.59 Å². The van der Waals surface area contributed by atoms with Crippen molar-refractivity contribution in [2.75, 3.05) is 5.32 Å². The Balaban J connectivity index is 1.63. The van der Waals surface area contributed by atoms with Crippen LogP contribution in [0, 0.1) is 11.2 Å². The number of carbonyl (C=O) groups excluding carboxylic acids is 1. The van der Waals surface area contributed by atoms with Gasteiger partial charge in [-0.1, -0.05) is 59.7 Å². The van der Waals surface area contributed by atoms with Crippen molar-refractivity contribution < 1.29 is 36.9 Å². The van der Waals surface area contributed by atoms with Gasteiger partial charge in [0.05, 0.1) is 17.8 Å². The van der Waals surface area contributed by atoms with Crippen LogP contribution in [0.3, 0.4) is 0 Å². The number of hydrogen-bond acceptors (Lipinski definition) is 6. The molecule has 1 fully saturated rings. The first-order valence-corrected chi connectivity index (χ1v) is 13.5. The largest absolute Gasteiger partial charge is 0.481 e. The summed E-state index contributed by atoms with van der Waals surface area (Å²) in [5.41, 5.74) is 0.0983. The topological polar surface area (TPSA) is 118 Å². The second kappa shape index (κ2) is 10.7. The molecule has 12 heteroatoms. The zero-order valence-corrected chi connectivity index (χ0v) is 23.1. The van der Waals surface area contributed by atoms with Crippen LogP contribution < -0.4 is 5.32 Å². The van der Waals surface area contributed by atoms with Crippen LogP contribution in [-0.4, -0.2) is 27.3 Å². The highest BCUT2D eigenvalue weighted by Gasteiger charge is 2.49. The van der Waals surface area contributed by atoms with Crippen LogP contribution in [0.2, 0.25) is 0 Å². The Labute approximate surface area is 230 Å². The Hall–Kier alpha value is -2.90. The molecule has 2 heterocycles. The van der Waals surface area contributed by atoms with E-state index in [1.54, 1.807) is 6.07 Å². The molecule has 3 aromatic rings. The van der Waals surface area contributed by atoms with Crippen molar-refractivity contribution in [3.8, 4) is 11.5 Å². The van der Waals surface area contributed by atoms with Crippen LogP contribution in [0.5, 0.6) is 0 Å². The molecule has 0 unspecified atom stereocenters. The lowest BCUT2D eigenvalue weighted by atomic mass is 9.86. The van der Waals surface area contributed by atoms with E-state index in [-0.39, 0.29) is 35.2 Å². The fourth-order valence-corrected chi connectivity index (χ4v) is 4.57. The van der Waals surface area contributed by atoms with Crippen LogP contribution in [-0.2, 0) is 19.9 Å². The first-order valence-electron chi connectivity index (χ1n) is 12.0.